The quantitative estimate of drug-likeness (QED) is 0.361. The molecule has 38 heavy (non-hydrogen) atoms. The first kappa shape index (κ1) is 28.9. The number of hydrogen-bond donors (Lipinski definition) is 2. The maximum atomic E-state index is 13.8. The van der Waals surface area contributed by atoms with Crippen LogP contribution < -0.4 is 14.8 Å². The molecule has 0 aliphatic heterocycles. The predicted molar refractivity (Wildman–Crippen MR) is 152 cm³/mol. The van der Waals surface area contributed by atoms with E-state index in [4.69, 9.17) is 9.47 Å². The first-order valence-corrected chi connectivity index (χ1v) is 13.1. The fourth-order valence-corrected chi connectivity index (χ4v) is 4.41. The van der Waals surface area contributed by atoms with Crippen LogP contribution in [0.1, 0.15) is 45.7 Å². The number of para-hydroxylation sites is 1. The topological polar surface area (TPSA) is 86.9 Å². The zero-order valence-corrected chi connectivity index (χ0v) is 23.8. The maximum Gasteiger partial charge on any atom is 0.318 e. The van der Waals surface area contributed by atoms with Gasteiger partial charge in [0, 0.05) is 42.3 Å². The third kappa shape index (κ3) is 7.91. The average Bonchev–Trinajstić information content (AvgIpc) is 3.27. The summed E-state index contributed by atoms with van der Waals surface area (Å²) >= 11 is 0. The highest BCUT2D eigenvalue weighted by Crippen LogP contribution is 2.28. The SMILES string of the molecule is COc1ccc(CN(CCc2c[nH]c3ccccc23)C(=O)CN(CC(C)C)C(=O)NC(C)(C)C)cc1OC. The molecule has 0 saturated heterocycles. The highest BCUT2D eigenvalue weighted by atomic mass is 16.5. The van der Waals surface area contributed by atoms with Crippen molar-refractivity contribution >= 4 is 22.8 Å². The van der Waals surface area contributed by atoms with Gasteiger partial charge in [0.2, 0.25) is 5.91 Å². The van der Waals surface area contributed by atoms with E-state index in [0.29, 0.717) is 37.6 Å². The Hall–Kier alpha value is -3.68. The van der Waals surface area contributed by atoms with Crippen molar-refractivity contribution in [3.05, 3.63) is 59.8 Å². The van der Waals surface area contributed by atoms with Crippen LogP contribution in [0.3, 0.4) is 0 Å². The molecule has 0 aliphatic carbocycles. The third-order valence-electron chi connectivity index (χ3n) is 6.18. The number of benzene rings is 2. The summed E-state index contributed by atoms with van der Waals surface area (Å²) in [7, 11) is 3.19. The predicted octanol–water partition coefficient (Wildman–Crippen LogP) is 5.22. The minimum absolute atomic E-state index is 0.00126. The molecule has 0 saturated carbocycles. The van der Waals surface area contributed by atoms with Gasteiger partial charge in [0.1, 0.15) is 6.54 Å². The second-order valence-corrected chi connectivity index (χ2v) is 11.1. The number of fused-ring (bicyclic) bond motifs is 1. The van der Waals surface area contributed by atoms with Crippen LogP contribution in [-0.4, -0.2) is 66.1 Å². The Bertz CT molecular complexity index is 1230. The van der Waals surface area contributed by atoms with Gasteiger partial charge in [-0.15, -0.1) is 0 Å². The van der Waals surface area contributed by atoms with E-state index in [1.54, 1.807) is 19.1 Å². The number of amides is 3. The van der Waals surface area contributed by atoms with E-state index in [0.717, 1.165) is 22.0 Å². The van der Waals surface area contributed by atoms with Crippen molar-refractivity contribution in [3.8, 4) is 11.5 Å². The Kier molecular flexibility index (Phi) is 9.66. The summed E-state index contributed by atoms with van der Waals surface area (Å²) in [6.07, 6.45) is 2.69. The number of rotatable bonds is 11. The van der Waals surface area contributed by atoms with E-state index in [1.165, 1.54) is 0 Å². The van der Waals surface area contributed by atoms with Crippen LogP contribution in [0.15, 0.2) is 48.7 Å². The van der Waals surface area contributed by atoms with Gasteiger partial charge in [0.05, 0.1) is 14.2 Å². The molecule has 0 bridgehead atoms. The van der Waals surface area contributed by atoms with Gasteiger partial charge < -0.3 is 29.6 Å². The number of aromatic nitrogens is 1. The Labute approximate surface area is 226 Å². The number of ether oxygens (including phenoxy) is 2. The normalized spacial score (nSPS) is 11.5. The molecule has 0 atom stereocenters. The lowest BCUT2D eigenvalue weighted by atomic mass is 10.1. The van der Waals surface area contributed by atoms with Crippen molar-refractivity contribution in [1.82, 2.24) is 20.1 Å². The molecule has 1 heterocycles. The molecule has 3 amide bonds. The summed E-state index contributed by atoms with van der Waals surface area (Å²) in [5, 5.41) is 4.15. The number of carbonyl (C=O) groups is 2. The van der Waals surface area contributed by atoms with Gasteiger partial charge in [-0.1, -0.05) is 38.1 Å². The van der Waals surface area contributed by atoms with Gasteiger partial charge in [-0.05, 0) is 62.4 Å². The lowest BCUT2D eigenvalue weighted by Crippen LogP contribution is -2.52. The molecule has 0 radical (unpaired) electrons. The van der Waals surface area contributed by atoms with E-state index in [9.17, 15) is 9.59 Å². The minimum Gasteiger partial charge on any atom is -0.493 e. The van der Waals surface area contributed by atoms with Gasteiger partial charge in [-0.25, -0.2) is 4.79 Å². The van der Waals surface area contributed by atoms with Crippen molar-refractivity contribution in [2.45, 2.75) is 53.1 Å². The number of nitrogens with one attached hydrogen (secondary N) is 2. The van der Waals surface area contributed by atoms with Crippen LogP contribution in [0.25, 0.3) is 10.9 Å². The monoisotopic (exact) mass is 522 g/mol. The maximum absolute atomic E-state index is 13.8. The third-order valence-corrected chi connectivity index (χ3v) is 6.18. The second kappa shape index (κ2) is 12.7. The molecule has 1 aromatic heterocycles. The zero-order chi connectivity index (χ0) is 27.9. The number of H-pyrrole nitrogens is 1. The van der Waals surface area contributed by atoms with Gasteiger partial charge in [-0.2, -0.15) is 0 Å². The van der Waals surface area contributed by atoms with Crippen molar-refractivity contribution in [2.75, 3.05) is 33.9 Å². The smallest absolute Gasteiger partial charge is 0.318 e. The van der Waals surface area contributed by atoms with Crippen LogP contribution in [0.4, 0.5) is 4.79 Å². The Balaban J connectivity index is 1.85. The number of hydrogen-bond acceptors (Lipinski definition) is 4. The molecule has 0 fully saturated rings. The fourth-order valence-electron chi connectivity index (χ4n) is 4.41. The number of nitrogens with zero attached hydrogens (tertiary/aromatic N) is 2. The minimum atomic E-state index is -0.399. The van der Waals surface area contributed by atoms with E-state index in [-0.39, 0.29) is 24.4 Å². The Morgan fingerprint density at radius 1 is 1.00 bits per heavy atom. The molecule has 2 N–H and O–H groups in total. The number of urea groups is 1. The van der Waals surface area contributed by atoms with Gasteiger partial charge in [0.15, 0.2) is 11.5 Å². The van der Waals surface area contributed by atoms with Crippen molar-refractivity contribution in [2.24, 2.45) is 5.92 Å². The first-order valence-electron chi connectivity index (χ1n) is 13.1. The molecule has 0 aliphatic rings. The van der Waals surface area contributed by atoms with Crippen LogP contribution in [0, 0.1) is 5.92 Å². The number of aromatic amines is 1. The van der Waals surface area contributed by atoms with Crippen LogP contribution >= 0.6 is 0 Å². The second-order valence-electron chi connectivity index (χ2n) is 11.1. The van der Waals surface area contributed by atoms with Crippen LogP contribution in [0.5, 0.6) is 11.5 Å². The van der Waals surface area contributed by atoms with E-state index >= 15 is 0 Å². The summed E-state index contributed by atoms with van der Waals surface area (Å²) in [5.41, 5.74) is 2.74. The fraction of sp³-hybridized carbons (Fsp3) is 0.467. The summed E-state index contributed by atoms with van der Waals surface area (Å²) < 4.78 is 10.9. The molecule has 2 aromatic carbocycles. The number of carbonyl (C=O) groups excluding carboxylic acids is 2. The summed E-state index contributed by atoms with van der Waals surface area (Å²) in [5.74, 6) is 1.36. The number of methoxy groups -OCH3 is 2. The zero-order valence-electron chi connectivity index (χ0n) is 23.8. The molecular formula is C30H42N4O4. The van der Waals surface area contributed by atoms with Crippen molar-refractivity contribution in [1.29, 1.82) is 0 Å². The molecular weight excluding hydrogens is 480 g/mol. The molecule has 3 aromatic rings. The Morgan fingerprint density at radius 3 is 2.37 bits per heavy atom. The van der Waals surface area contributed by atoms with Gasteiger partial charge in [0.25, 0.3) is 0 Å². The van der Waals surface area contributed by atoms with Gasteiger partial charge in [-0.3, -0.25) is 4.79 Å². The van der Waals surface area contributed by atoms with E-state index < -0.39 is 5.54 Å². The average molecular weight is 523 g/mol. The first-order chi connectivity index (χ1) is 18.0. The molecule has 0 unspecified atom stereocenters. The largest absolute Gasteiger partial charge is 0.493 e. The van der Waals surface area contributed by atoms with Crippen LogP contribution in [-0.2, 0) is 17.8 Å². The van der Waals surface area contributed by atoms with E-state index in [1.807, 2.05) is 82.1 Å². The Morgan fingerprint density at radius 2 is 1.71 bits per heavy atom. The van der Waals surface area contributed by atoms with Crippen molar-refractivity contribution in [3.63, 3.8) is 0 Å². The molecule has 0 spiro atoms. The highest BCUT2D eigenvalue weighted by Gasteiger charge is 2.25. The molecule has 8 nitrogen and oxygen atoms in total. The standard InChI is InChI=1S/C30H42N4O4/c1-21(2)18-34(29(36)32-30(3,4)5)20-28(35)33(19-22-12-13-26(37-6)27(16-22)38-7)15-14-23-17-31-25-11-9-8-10-24(23)25/h8-13,16-17,21,31H,14-15,18-20H2,1-7H3,(H,32,36). The molecule has 8 heteroatoms. The van der Waals surface area contributed by atoms with Crippen LogP contribution in [0.2, 0.25) is 0 Å². The lowest BCUT2D eigenvalue weighted by molar-refractivity contribution is -0.132. The van der Waals surface area contributed by atoms with Crippen molar-refractivity contribution < 1.29 is 19.1 Å². The highest BCUT2D eigenvalue weighted by molar-refractivity contribution is 5.85. The van der Waals surface area contributed by atoms with E-state index in [2.05, 4.69) is 16.4 Å². The summed E-state index contributed by atoms with van der Waals surface area (Å²) in [6, 6.07) is 13.6. The summed E-state index contributed by atoms with van der Waals surface area (Å²) in [6.45, 7) is 11.3. The summed E-state index contributed by atoms with van der Waals surface area (Å²) in [4.78, 5) is 33.6. The lowest BCUT2D eigenvalue weighted by Gasteiger charge is -2.31. The molecule has 206 valence electrons. The molecule has 3 rings (SSSR count). The van der Waals surface area contributed by atoms with Gasteiger partial charge >= 0.3 is 6.03 Å².